The minimum atomic E-state index is -0.624. The molecule has 0 fully saturated rings. The summed E-state index contributed by atoms with van der Waals surface area (Å²) < 4.78 is 19.0. The lowest BCUT2D eigenvalue weighted by Crippen LogP contribution is -1.91. The number of halogens is 2. The van der Waals surface area contributed by atoms with E-state index in [2.05, 4.69) is 0 Å². The first-order chi connectivity index (χ1) is 9.13. The molecular weight excluding hydrogens is 269 g/mol. The van der Waals surface area contributed by atoms with E-state index in [-0.39, 0.29) is 17.9 Å². The van der Waals surface area contributed by atoms with Crippen LogP contribution in [0.1, 0.15) is 11.1 Å². The Kier molecular flexibility index (Phi) is 4.00. The number of hydrogen-bond donors (Lipinski definition) is 1. The van der Waals surface area contributed by atoms with Crippen LogP contribution in [0.15, 0.2) is 36.4 Å². The summed E-state index contributed by atoms with van der Waals surface area (Å²) in [5, 5.41) is 18.0. The van der Waals surface area contributed by atoms with Gasteiger partial charge in [0.2, 0.25) is 0 Å². The minimum absolute atomic E-state index is 0.00631. The molecule has 2 aromatic rings. The third kappa shape index (κ3) is 3.02. The number of aliphatic hydroxyl groups excluding tert-OH is 1. The highest BCUT2D eigenvalue weighted by Crippen LogP contribution is 2.28. The van der Waals surface area contributed by atoms with Gasteiger partial charge in [0.25, 0.3) is 0 Å². The van der Waals surface area contributed by atoms with Crippen LogP contribution in [0.3, 0.4) is 0 Å². The highest BCUT2D eigenvalue weighted by Gasteiger charge is 2.07. The van der Waals surface area contributed by atoms with E-state index in [1.54, 1.807) is 12.1 Å². The molecule has 0 aliphatic carbocycles. The van der Waals surface area contributed by atoms with E-state index in [1.807, 2.05) is 6.07 Å². The van der Waals surface area contributed by atoms with Crippen molar-refractivity contribution in [1.82, 2.24) is 0 Å². The Balaban J connectivity index is 2.26. The normalized spacial score (nSPS) is 10.0. The molecule has 0 amide bonds. The van der Waals surface area contributed by atoms with Gasteiger partial charge < -0.3 is 9.84 Å². The van der Waals surface area contributed by atoms with Crippen molar-refractivity contribution in [1.29, 1.82) is 5.26 Å². The van der Waals surface area contributed by atoms with Crippen molar-refractivity contribution in [3.05, 3.63) is 58.4 Å². The second kappa shape index (κ2) is 5.70. The molecule has 0 aliphatic rings. The lowest BCUT2D eigenvalue weighted by Gasteiger charge is -2.08. The lowest BCUT2D eigenvalue weighted by molar-refractivity contribution is 0.282. The van der Waals surface area contributed by atoms with Crippen molar-refractivity contribution in [2.45, 2.75) is 6.61 Å². The number of aliphatic hydroxyl groups is 1. The zero-order chi connectivity index (χ0) is 13.8. The molecule has 2 rings (SSSR count). The first kappa shape index (κ1) is 13.3. The van der Waals surface area contributed by atoms with Gasteiger partial charge in [0.05, 0.1) is 18.2 Å². The van der Waals surface area contributed by atoms with E-state index in [1.165, 1.54) is 18.2 Å². The van der Waals surface area contributed by atoms with Crippen LogP contribution >= 0.6 is 11.6 Å². The number of benzene rings is 2. The fraction of sp³-hybridized carbons (Fsp3) is 0.0714. The van der Waals surface area contributed by atoms with E-state index in [4.69, 9.17) is 26.7 Å². The Labute approximate surface area is 114 Å². The smallest absolute Gasteiger partial charge is 0.167 e. The van der Waals surface area contributed by atoms with Crippen LogP contribution in [0, 0.1) is 17.1 Å². The molecule has 1 N–H and O–H groups in total. The van der Waals surface area contributed by atoms with Crippen molar-refractivity contribution in [3.63, 3.8) is 0 Å². The van der Waals surface area contributed by atoms with Crippen LogP contribution < -0.4 is 4.74 Å². The second-order valence-electron chi connectivity index (χ2n) is 3.77. The van der Waals surface area contributed by atoms with Gasteiger partial charge in [-0.3, -0.25) is 0 Å². The molecule has 0 unspecified atom stereocenters. The van der Waals surface area contributed by atoms with E-state index < -0.39 is 5.82 Å². The fourth-order valence-electron chi connectivity index (χ4n) is 1.50. The molecule has 0 aromatic heterocycles. The van der Waals surface area contributed by atoms with Crippen molar-refractivity contribution in [2.75, 3.05) is 0 Å². The van der Waals surface area contributed by atoms with Gasteiger partial charge in [0.1, 0.15) is 5.75 Å². The summed E-state index contributed by atoms with van der Waals surface area (Å²) in [7, 11) is 0. The molecule has 0 aliphatic heterocycles. The van der Waals surface area contributed by atoms with Crippen LogP contribution in [0.5, 0.6) is 11.5 Å². The minimum Gasteiger partial charge on any atom is -0.454 e. The van der Waals surface area contributed by atoms with Gasteiger partial charge in [-0.05, 0) is 35.9 Å². The van der Waals surface area contributed by atoms with Crippen LogP contribution in [-0.4, -0.2) is 5.11 Å². The molecule has 0 bridgehead atoms. The van der Waals surface area contributed by atoms with Crippen molar-refractivity contribution >= 4 is 11.6 Å². The summed E-state index contributed by atoms with van der Waals surface area (Å²) in [4.78, 5) is 0. The van der Waals surface area contributed by atoms with Crippen LogP contribution in [0.2, 0.25) is 5.02 Å². The third-order valence-electron chi connectivity index (χ3n) is 2.48. The van der Waals surface area contributed by atoms with Gasteiger partial charge in [-0.25, -0.2) is 4.39 Å². The van der Waals surface area contributed by atoms with Gasteiger partial charge in [0, 0.05) is 5.02 Å². The van der Waals surface area contributed by atoms with E-state index in [0.29, 0.717) is 16.3 Å². The van der Waals surface area contributed by atoms with Gasteiger partial charge in [-0.15, -0.1) is 0 Å². The number of nitriles is 1. The molecular formula is C14H9ClFNO2. The molecule has 3 nitrogen and oxygen atoms in total. The zero-order valence-corrected chi connectivity index (χ0v) is 10.5. The SMILES string of the molecule is N#Cc1ccc(Oc2ccc(CO)c(Cl)c2)c(F)c1. The summed E-state index contributed by atoms with van der Waals surface area (Å²) >= 11 is 5.91. The highest BCUT2D eigenvalue weighted by atomic mass is 35.5. The first-order valence-electron chi connectivity index (χ1n) is 5.41. The second-order valence-corrected chi connectivity index (χ2v) is 4.18. The Morgan fingerprint density at radius 3 is 2.63 bits per heavy atom. The van der Waals surface area contributed by atoms with Crippen molar-refractivity contribution < 1.29 is 14.2 Å². The Bertz CT molecular complexity index is 652. The maximum absolute atomic E-state index is 13.6. The zero-order valence-electron chi connectivity index (χ0n) is 9.73. The molecule has 0 heterocycles. The highest BCUT2D eigenvalue weighted by molar-refractivity contribution is 6.31. The van der Waals surface area contributed by atoms with E-state index in [0.717, 1.165) is 6.07 Å². The molecule has 96 valence electrons. The number of ether oxygens (including phenoxy) is 1. The largest absolute Gasteiger partial charge is 0.454 e. The van der Waals surface area contributed by atoms with Gasteiger partial charge >= 0.3 is 0 Å². The maximum Gasteiger partial charge on any atom is 0.167 e. The summed E-state index contributed by atoms with van der Waals surface area (Å²) in [5.41, 5.74) is 0.785. The van der Waals surface area contributed by atoms with Gasteiger partial charge in [0.15, 0.2) is 11.6 Å². The number of hydrogen-bond acceptors (Lipinski definition) is 3. The predicted molar refractivity (Wildman–Crippen MR) is 68.6 cm³/mol. The van der Waals surface area contributed by atoms with E-state index in [9.17, 15) is 4.39 Å². The standard InChI is InChI=1S/C14H9ClFNO2/c15-12-6-11(3-2-10(12)8-18)19-14-4-1-9(7-17)5-13(14)16/h1-6,18H,8H2. The Morgan fingerprint density at radius 1 is 1.26 bits per heavy atom. The van der Waals surface area contributed by atoms with E-state index >= 15 is 0 Å². The molecule has 0 saturated carbocycles. The van der Waals surface area contributed by atoms with Gasteiger partial charge in [-0.1, -0.05) is 17.7 Å². The lowest BCUT2D eigenvalue weighted by atomic mass is 10.2. The molecule has 0 saturated heterocycles. The summed E-state index contributed by atoms with van der Waals surface area (Å²) in [6.07, 6.45) is 0. The molecule has 0 atom stereocenters. The molecule has 5 heteroatoms. The Morgan fingerprint density at radius 2 is 2.05 bits per heavy atom. The quantitative estimate of drug-likeness (QED) is 0.932. The predicted octanol–water partition coefficient (Wildman–Crippen LogP) is 3.64. The molecule has 0 spiro atoms. The average molecular weight is 278 g/mol. The topological polar surface area (TPSA) is 53.2 Å². The van der Waals surface area contributed by atoms with Crippen molar-refractivity contribution in [2.24, 2.45) is 0 Å². The molecule has 2 aromatic carbocycles. The number of nitrogens with zero attached hydrogens (tertiary/aromatic N) is 1. The summed E-state index contributed by atoms with van der Waals surface area (Å²) in [5.74, 6) is -0.265. The number of rotatable bonds is 3. The molecule has 19 heavy (non-hydrogen) atoms. The summed E-state index contributed by atoms with van der Waals surface area (Å²) in [6.45, 7) is -0.176. The maximum atomic E-state index is 13.6. The van der Waals surface area contributed by atoms with Gasteiger partial charge in [-0.2, -0.15) is 5.26 Å². The monoisotopic (exact) mass is 277 g/mol. The fourth-order valence-corrected chi connectivity index (χ4v) is 1.73. The average Bonchev–Trinajstić information content (AvgIpc) is 2.41. The molecule has 0 radical (unpaired) electrons. The Hall–Kier alpha value is -2.09. The first-order valence-corrected chi connectivity index (χ1v) is 5.78. The van der Waals surface area contributed by atoms with Crippen LogP contribution in [-0.2, 0) is 6.61 Å². The van der Waals surface area contributed by atoms with Crippen molar-refractivity contribution in [3.8, 4) is 17.6 Å². The van der Waals surface area contributed by atoms with Crippen LogP contribution in [0.4, 0.5) is 4.39 Å². The van der Waals surface area contributed by atoms with Crippen LogP contribution in [0.25, 0.3) is 0 Å². The summed E-state index contributed by atoms with van der Waals surface area (Å²) in [6, 6.07) is 10.4. The third-order valence-corrected chi connectivity index (χ3v) is 2.84.